The molecule has 11 heteroatoms. The van der Waals surface area contributed by atoms with E-state index in [0.717, 1.165) is 11.3 Å². The maximum absolute atomic E-state index is 13.3. The Morgan fingerprint density at radius 1 is 1.08 bits per heavy atom. The number of hydrogen-bond acceptors (Lipinski definition) is 9. The van der Waals surface area contributed by atoms with Crippen molar-refractivity contribution in [3.63, 3.8) is 0 Å². The van der Waals surface area contributed by atoms with Gasteiger partial charge in [0.25, 0.3) is 0 Å². The largest absolute Gasteiger partial charge is 0.497 e. The number of ether oxygens (including phenoxy) is 3. The fraction of sp³-hybridized carbons (Fsp3) is 0.407. The van der Waals surface area contributed by atoms with E-state index >= 15 is 0 Å². The molecule has 3 aliphatic rings. The number of amides is 2. The highest BCUT2D eigenvalue weighted by molar-refractivity contribution is 8.16. The van der Waals surface area contributed by atoms with Crippen LogP contribution in [0.5, 0.6) is 11.5 Å². The topological polar surface area (TPSA) is 101 Å². The zero-order chi connectivity index (χ0) is 27.4. The second-order valence-corrected chi connectivity index (χ2v) is 9.83. The summed E-state index contributed by atoms with van der Waals surface area (Å²) in [4.78, 5) is 48.4. The molecule has 0 aliphatic carbocycles. The van der Waals surface area contributed by atoms with Crippen LogP contribution in [0.15, 0.2) is 58.2 Å². The molecule has 0 saturated carbocycles. The number of piperazine rings is 1. The van der Waals surface area contributed by atoms with Gasteiger partial charge in [0.2, 0.25) is 11.8 Å². The maximum atomic E-state index is 13.3. The van der Waals surface area contributed by atoms with Gasteiger partial charge in [0.15, 0.2) is 5.17 Å². The van der Waals surface area contributed by atoms with E-state index in [1.807, 2.05) is 22.4 Å². The molecule has 1 unspecified atom stereocenters. The summed E-state index contributed by atoms with van der Waals surface area (Å²) >= 11 is 1.41. The van der Waals surface area contributed by atoms with Gasteiger partial charge in [-0.15, -0.1) is 0 Å². The Morgan fingerprint density at radius 2 is 1.71 bits per heavy atom. The second kappa shape index (κ2) is 11.8. The highest BCUT2D eigenvalue weighted by atomic mass is 32.2. The molecule has 38 heavy (non-hydrogen) atoms. The van der Waals surface area contributed by atoms with Crippen LogP contribution in [0.1, 0.15) is 31.9 Å². The van der Waals surface area contributed by atoms with Gasteiger partial charge in [-0.3, -0.25) is 9.59 Å². The Hall–Kier alpha value is -3.73. The van der Waals surface area contributed by atoms with Crippen molar-refractivity contribution in [3.8, 4) is 11.5 Å². The summed E-state index contributed by atoms with van der Waals surface area (Å²) in [7, 11) is 3.13. The predicted molar refractivity (Wildman–Crippen MR) is 145 cm³/mol. The third-order valence-corrected chi connectivity index (χ3v) is 7.54. The quantitative estimate of drug-likeness (QED) is 0.366. The molecule has 0 spiro atoms. The highest BCUT2D eigenvalue weighted by Gasteiger charge is 2.42. The van der Waals surface area contributed by atoms with Crippen molar-refractivity contribution in [1.29, 1.82) is 0 Å². The van der Waals surface area contributed by atoms with Crippen molar-refractivity contribution < 1.29 is 28.6 Å². The Bertz CT molecular complexity index is 1210. The molecule has 0 N–H and O–H groups in total. The second-order valence-electron chi connectivity index (χ2n) is 8.99. The predicted octanol–water partition coefficient (Wildman–Crippen LogP) is 3.09. The molecule has 1 atom stereocenters. The van der Waals surface area contributed by atoms with Gasteiger partial charge >= 0.3 is 5.97 Å². The Labute approximate surface area is 226 Å². The summed E-state index contributed by atoms with van der Waals surface area (Å²) in [5.41, 5.74) is 2.35. The third kappa shape index (κ3) is 5.57. The average molecular weight is 541 g/mol. The van der Waals surface area contributed by atoms with Gasteiger partial charge in [0, 0.05) is 44.9 Å². The van der Waals surface area contributed by atoms with Crippen molar-refractivity contribution in [2.24, 2.45) is 4.99 Å². The number of amidine groups is 1. The molecule has 10 nitrogen and oxygen atoms in total. The first-order chi connectivity index (χ1) is 18.3. The van der Waals surface area contributed by atoms with Crippen LogP contribution in [0.2, 0.25) is 0 Å². The van der Waals surface area contributed by atoms with Gasteiger partial charge in [-0.1, -0.05) is 24.4 Å². The number of methoxy groups -OCH3 is 2. The van der Waals surface area contributed by atoms with Gasteiger partial charge < -0.3 is 28.9 Å². The van der Waals surface area contributed by atoms with Crippen LogP contribution in [-0.2, 0) is 19.1 Å². The molecule has 2 amide bonds. The van der Waals surface area contributed by atoms with Gasteiger partial charge in [0.1, 0.15) is 18.1 Å². The van der Waals surface area contributed by atoms with E-state index in [4.69, 9.17) is 14.2 Å². The molecule has 1 aromatic carbocycles. The smallest absolute Gasteiger partial charge is 0.338 e. The summed E-state index contributed by atoms with van der Waals surface area (Å²) in [5.74, 6) is 0.578. The van der Waals surface area contributed by atoms with Crippen molar-refractivity contribution in [2.45, 2.75) is 26.3 Å². The number of esters is 1. The Balaban J connectivity index is 1.68. The first-order valence-electron chi connectivity index (χ1n) is 12.3. The fourth-order valence-corrected chi connectivity index (χ4v) is 5.65. The van der Waals surface area contributed by atoms with Crippen LogP contribution in [0.4, 0.5) is 0 Å². The van der Waals surface area contributed by atoms with Crippen LogP contribution in [0.3, 0.4) is 0 Å². The van der Waals surface area contributed by atoms with Crippen molar-refractivity contribution in [3.05, 3.63) is 58.8 Å². The molecule has 1 fully saturated rings. The third-order valence-electron chi connectivity index (χ3n) is 6.65. The molecule has 1 aromatic rings. The van der Waals surface area contributed by atoms with Gasteiger partial charge in [-0.25, -0.2) is 9.79 Å². The van der Waals surface area contributed by atoms with Crippen LogP contribution >= 0.6 is 11.8 Å². The Morgan fingerprint density at radius 3 is 2.29 bits per heavy atom. The van der Waals surface area contributed by atoms with E-state index < -0.39 is 12.0 Å². The van der Waals surface area contributed by atoms with E-state index in [1.54, 1.807) is 37.0 Å². The van der Waals surface area contributed by atoms with Crippen molar-refractivity contribution in [2.75, 3.05) is 47.0 Å². The first-order valence-corrected chi connectivity index (χ1v) is 13.1. The van der Waals surface area contributed by atoms with E-state index in [-0.39, 0.29) is 24.8 Å². The SMILES string of the molecule is C=CCOC(=O)C1=C(C)N=C2SC=C(CC(=O)N3CCN(C(C)=O)CC3)N2C1c1cc(OC)cc(OC)c1. The van der Waals surface area contributed by atoms with E-state index in [0.29, 0.717) is 54.1 Å². The Kier molecular flexibility index (Phi) is 8.45. The maximum Gasteiger partial charge on any atom is 0.338 e. The fourth-order valence-electron chi connectivity index (χ4n) is 4.68. The summed E-state index contributed by atoms with van der Waals surface area (Å²) in [5, 5.41) is 2.57. The number of thioether (sulfide) groups is 1. The van der Waals surface area contributed by atoms with Crippen molar-refractivity contribution >= 4 is 34.7 Å². The number of fused-ring (bicyclic) bond motifs is 1. The zero-order valence-corrected chi connectivity index (χ0v) is 22.9. The minimum Gasteiger partial charge on any atom is -0.497 e. The van der Waals surface area contributed by atoms with E-state index in [9.17, 15) is 14.4 Å². The normalized spacial score (nSPS) is 18.9. The summed E-state index contributed by atoms with van der Waals surface area (Å²) < 4.78 is 16.4. The van der Waals surface area contributed by atoms with Gasteiger partial charge in [-0.2, -0.15) is 0 Å². The monoisotopic (exact) mass is 540 g/mol. The van der Waals surface area contributed by atoms with Gasteiger partial charge in [0.05, 0.1) is 38.0 Å². The van der Waals surface area contributed by atoms with Gasteiger partial charge in [-0.05, 0) is 30.0 Å². The zero-order valence-electron chi connectivity index (χ0n) is 22.1. The molecule has 3 aliphatic heterocycles. The minimum absolute atomic E-state index is 0.00996. The summed E-state index contributed by atoms with van der Waals surface area (Å²) in [6.45, 7) is 8.99. The number of aliphatic imine (C=N–C) groups is 1. The standard InChI is InChI=1S/C27H32N4O6S/c1-6-11-37-26(34)24-17(2)28-27-31(25(24)19-12-21(35-4)15-22(13-19)36-5)20(16-38-27)14-23(33)30-9-7-29(8-10-30)18(3)32/h6,12-13,15-16,25H,1,7-11,14H2,2-5H3. The molecule has 0 radical (unpaired) electrons. The number of allylic oxidation sites excluding steroid dienone is 1. The molecule has 3 heterocycles. The van der Waals surface area contributed by atoms with Crippen molar-refractivity contribution in [1.82, 2.24) is 14.7 Å². The lowest BCUT2D eigenvalue weighted by Gasteiger charge is -2.38. The molecule has 4 rings (SSSR count). The molecular formula is C27H32N4O6S. The van der Waals surface area contributed by atoms with E-state index in [1.165, 1.54) is 24.8 Å². The average Bonchev–Trinajstić information content (AvgIpc) is 3.31. The highest BCUT2D eigenvalue weighted by Crippen LogP contribution is 2.46. The summed E-state index contributed by atoms with van der Waals surface area (Å²) in [6, 6.07) is 4.82. The summed E-state index contributed by atoms with van der Waals surface area (Å²) in [6.07, 6.45) is 1.63. The molecule has 0 bridgehead atoms. The lowest BCUT2D eigenvalue weighted by molar-refractivity contribution is -0.138. The first kappa shape index (κ1) is 27.3. The molecule has 0 aromatic heterocycles. The number of rotatable bonds is 8. The van der Waals surface area contributed by atoms with Crippen LogP contribution in [-0.4, -0.2) is 84.7 Å². The van der Waals surface area contributed by atoms with Crippen LogP contribution < -0.4 is 9.47 Å². The number of carbonyl (C=O) groups excluding carboxylic acids is 3. The van der Waals surface area contributed by atoms with Crippen LogP contribution in [0, 0.1) is 0 Å². The number of hydrogen-bond donors (Lipinski definition) is 0. The lowest BCUT2D eigenvalue weighted by Crippen LogP contribution is -2.50. The van der Waals surface area contributed by atoms with Crippen LogP contribution in [0.25, 0.3) is 0 Å². The lowest BCUT2D eigenvalue weighted by atomic mass is 9.93. The number of nitrogens with zero attached hydrogens (tertiary/aromatic N) is 4. The molecule has 202 valence electrons. The number of benzene rings is 1. The number of carbonyl (C=O) groups is 3. The van der Waals surface area contributed by atoms with E-state index in [2.05, 4.69) is 11.6 Å². The minimum atomic E-state index is -0.618. The molecule has 1 saturated heterocycles. The molecular weight excluding hydrogens is 508 g/mol.